The second-order valence-electron chi connectivity index (χ2n) is 5.34. The van der Waals surface area contributed by atoms with E-state index in [1.54, 1.807) is 0 Å². The first-order chi connectivity index (χ1) is 8.70. The van der Waals surface area contributed by atoms with Crippen molar-refractivity contribution in [3.8, 4) is 0 Å². The number of amides is 1. The Hall–Kier alpha value is -0.420. The maximum absolute atomic E-state index is 12.1. The van der Waals surface area contributed by atoms with Gasteiger partial charge in [0, 0.05) is 35.7 Å². The van der Waals surface area contributed by atoms with E-state index in [9.17, 15) is 9.00 Å². The third kappa shape index (κ3) is 4.05. The highest BCUT2D eigenvalue weighted by Crippen LogP contribution is 2.32. The van der Waals surface area contributed by atoms with E-state index in [-0.39, 0.29) is 11.7 Å². The van der Waals surface area contributed by atoms with E-state index in [2.05, 4.69) is 12.2 Å². The van der Waals surface area contributed by atoms with E-state index in [4.69, 9.17) is 0 Å². The Morgan fingerprint density at radius 2 is 2.06 bits per heavy atom. The van der Waals surface area contributed by atoms with Crippen LogP contribution in [0.25, 0.3) is 0 Å². The average Bonchev–Trinajstić information content (AvgIpc) is 3.03. The van der Waals surface area contributed by atoms with Gasteiger partial charge in [0.25, 0.3) is 0 Å². The van der Waals surface area contributed by atoms with E-state index < -0.39 is 10.8 Å². The number of hydrogen-bond acceptors (Lipinski definition) is 3. The van der Waals surface area contributed by atoms with Crippen LogP contribution in [0.2, 0.25) is 0 Å². The second kappa shape index (κ2) is 6.66. The zero-order chi connectivity index (χ0) is 13.0. The van der Waals surface area contributed by atoms with Crippen molar-refractivity contribution >= 4 is 16.7 Å². The topological polar surface area (TPSA) is 49.4 Å². The van der Waals surface area contributed by atoms with Crippen molar-refractivity contribution in [2.24, 2.45) is 5.92 Å². The zero-order valence-electron chi connectivity index (χ0n) is 11.2. The van der Waals surface area contributed by atoms with Crippen molar-refractivity contribution in [3.63, 3.8) is 0 Å². The molecule has 0 aromatic rings. The van der Waals surface area contributed by atoms with Crippen LogP contribution in [0, 0.1) is 5.92 Å². The second-order valence-corrected chi connectivity index (χ2v) is 6.84. The Balaban J connectivity index is 1.74. The lowest BCUT2D eigenvalue weighted by atomic mass is 10.2. The maximum atomic E-state index is 12.1. The van der Waals surface area contributed by atoms with Crippen LogP contribution in [0.4, 0.5) is 0 Å². The zero-order valence-corrected chi connectivity index (χ0v) is 12.0. The van der Waals surface area contributed by atoms with Gasteiger partial charge < -0.3 is 10.2 Å². The fourth-order valence-corrected chi connectivity index (χ4v) is 3.94. The first kappa shape index (κ1) is 14.0. The predicted molar refractivity (Wildman–Crippen MR) is 73.9 cm³/mol. The summed E-state index contributed by atoms with van der Waals surface area (Å²) < 4.78 is 12.1. The molecule has 5 heteroatoms. The van der Waals surface area contributed by atoms with E-state index in [1.807, 2.05) is 4.90 Å². The van der Waals surface area contributed by atoms with Crippen LogP contribution < -0.4 is 5.32 Å². The van der Waals surface area contributed by atoms with Gasteiger partial charge in [-0.05, 0) is 38.1 Å². The highest BCUT2D eigenvalue weighted by atomic mass is 32.2. The Morgan fingerprint density at radius 1 is 1.39 bits per heavy atom. The SMILES string of the molecule is CCNC(CS(=O)CC(=O)N1CCCC1)C1CC1. The molecule has 2 unspecified atom stereocenters. The number of nitrogens with zero attached hydrogens (tertiary/aromatic N) is 1. The molecular formula is C13H24N2O2S. The summed E-state index contributed by atoms with van der Waals surface area (Å²) in [6.45, 7) is 4.71. The molecule has 1 amide bonds. The van der Waals surface area contributed by atoms with Crippen LogP contribution in [-0.4, -0.2) is 52.2 Å². The summed E-state index contributed by atoms with van der Waals surface area (Å²) in [7, 11) is -1.01. The number of rotatable bonds is 7. The molecule has 1 aliphatic heterocycles. The van der Waals surface area contributed by atoms with Crippen molar-refractivity contribution in [1.82, 2.24) is 10.2 Å². The van der Waals surface area contributed by atoms with Gasteiger partial charge in [0.1, 0.15) is 5.75 Å². The first-order valence-electron chi connectivity index (χ1n) is 7.07. The first-order valence-corrected chi connectivity index (χ1v) is 8.55. The average molecular weight is 272 g/mol. The van der Waals surface area contributed by atoms with Crippen LogP contribution in [-0.2, 0) is 15.6 Å². The van der Waals surface area contributed by atoms with E-state index in [0.29, 0.717) is 17.7 Å². The van der Waals surface area contributed by atoms with Gasteiger partial charge in [0.15, 0.2) is 0 Å². The third-order valence-electron chi connectivity index (χ3n) is 3.77. The maximum Gasteiger partial charge on any atom is 0.235 e. The molecule has 1 saturated carbocycles. The molecule has 4 nitrogen and oxygen atoms in total. The summed E-state index contributed by atoms with van der Waals surface area (Å²) in [5.74, 6) is 1.62. The van der Waals surface area contributed by atoms with Crippen molar-refractivity contribution < 1.29 is 9.00 Å². The van der Waals surface area contributed by atoms with Gasteiger partial charge in [-0.1, -0.05) is 6.92 Å². The molecule has 18 heavy (non-hydrogen) atoms. The van der Waals surface area contributed by atoms with E-state index in [0.717, 1.165) is 32.5 Å². The smallest absolute Gasteiger partial charge is 0.235 e. The van der Waals surface area contributed by atoms with Crippen LogP contribution >= 0.6 is 0 Å². The lowest BCUT2D eigenvalue weighted by Crippen LogP contribution is -2.39. The van der Waals surface area contributed by atoms with Gasteiger partial charge in [-0.3, -0.25) is 9.00 Å². The monoisotopic (exact) mass is 272 g/mol. The van der Waals surface area contributed by atoms with Crippen LogP contribution in [0.3, 0.4) is 0 Å². The lowest BCUT2D eigenvalue weighted by Gasteiger charge is -2.18. The van der Waals surface area contributed by atoms with Gasteiger partial charge in [0.05, 0.1) is 0 Å². The standard InChI is InChI=1S/C13H24N2O2S/c1-2-14-12(11-5-6-11)9-18(17)10-13(16)15-7-3-4-8-15/h11-12,14H,2-10H2,1H3. The summed E-state index contributed by atoms with van der Waals surface area (Å²) in [5.41, 5.74) is 0. The number of hydrogen-bond donors (Lipinski definition) is 1. The minimum absolute atomic E-state index is 0.0804. The molecule has 1 saturated heterocycles. The van der Waals surface area contributed by atoms with Crippen LogP contribution in [0.1, 0.15) is 32.6 Å². The molecule has 1 aliphatic carbocycles. The fourth-order valence-electron chi connectivity index (χ4n) is 2.58. The summed E-state index contributed by atoms with van der Waals surface area (Å²) in [4.78, 5) is 13.8. The molecule has 2 fully saturated rings. The molecule has 1 N–H and O–H groups in total. The summed E-state index contributed by atoms with van der Waals surface area (Å²) in [6, 6.07) is 0.349. The van der Waals surface area contributed by atoms with Gasteiger partial charge in [-0.2, -0.15) is 0 Å². The Kier molecular flexibility index (Phi) is 5.18. The molecule has 0 spiro atoms. The molecule has 0 bridgehead atoms. The molecule has 104 valence electrons. The molecule has 0 aromatic heterocycles. The summed E-state index contributed by atoms with van der Waals surface area (Å²) in [6.07, 6.45) is 4.69. The largest absolute Gasteiger partial charge is 0.342 e. The van der Waals surface area contributed by atoms with Gasteiger partial charge >= 0.3 is 0 Å². The van der Waals surface area contributed by atoms with Crippen LogP contribution in [0.5, 0.6) is 0 Å². The summed E-state index contributed by atoms with van der Waals surface area (Å²) in [5, 5.41) is 3.40. The number of carbonyl (C=O) groups excluding carboxylic acids is 1. The molecule has 0 aromatic carbocycles. The Morgan fingerprint density at radius 3 is 2.61 bits per heavy atom. The number of likely N-dealkylation sites (tertiary alicyclic amines) is 1. The molecule has 2 rings (SSSR count). The van der Waals surface area contributed by atoms with Crippen molar-refractivity contribution in [2.75, 3.05) is 31.1 Å². The Bertz CT molecular complexity index is 312. The minimum Gasteiger partial charge on any atom is -0.342 e. The highest BCUT2D eigenvalue weighted by molar-refractivity contribution is 7.85. The number of carbonyl (C=O) groups is 1. The summed E-state index contributed by atoms with van der Waals surface area (Å²) >= 11 is 0. The Labute approximate surface area is 112 Å². The van der Waals surface area contributed by atoms with E-state index in [1.165, 1.54) is 12.8 Å². The van der Waals surface area contributed by atoms with Gasteiger partial charge in [0.2, 0.25) is 5.91 Å². The predicted octanol–water partition coefficient (Wildman–Crippen LogP) is 0.746. The van der Waals surface area contributed by atoms with Crippen molar-refractivity contribution in [3.05, 3.63) is 0 Å². The third-order valence-corrected chi connectivity index (χ3v) is 5.07. The highest BCUT2D eigenvalue weighted by Gasteiger charge is 2.32. The quantitative estimate of drug-likeness (QED) is 0.744. The molecular weight excluding hydrogens is 248 g/mol. The normalized spacial score (nSPS) is 23.1. The minimum atomic E-state index is -1.01. The molecule has 2 aliphatic rings. The van der Waals surface area contributed by atoms with Gasteiger partial charge in [-0.15, -0.1) is 0 Å². The van der Waals surface area contributed by atoms with Crippen molar-refractivity contribution in [1.29, 1.82) is 0 Å². The molecule has 0 radical (unpaired) electrons. The fraction of sp³-hybridized carbons (Fsp3) is 0.923. The van der Waals surface area contributed by atoms with Crippen molar-refractivity contribution in [2.45, 2.75) is 38.6 Å². The van der Waals surface area contributed by atoms with Gasteiger partial charge in [-0.25, -0.2) is 0 Å². The van der Waals surface area contributed by atoms with Crippen LogP contribution in [0.15, 0.2) is 0 Å². The molecule has 1 heterocycles. The lowest BCUT2D eigenvalue weighted by molar-refractivity contribution is -0.127. The van der Waals surface area contributed by atoms with E-state index >= 15 is 0 Å². The molecule has 2 atom stereocenters. The number of nitrogens with one attached hydrogen (secondary N) is 1.